The number of hydrogen-bond acceptors (Lipinski definition) is 12. The molecular formula is C36H32N8O4Zr. The van der Waals surface area contributed by atoms with E-state index in [1.54, 1.807) is 73.3 Å². The van der Waals surface area contributed by atoms with E-state index in [0.717, 1.165) is 44.8 Å². The summed E-state index contributed by atoms with van der Waals surface area (Å²) < 4.78 is 0. The fourth-order valence-corrected chi connectivity index (χ4v) is 4.48. The first kappa shape index (κ1) is 36.2. The van der Waals surface area contributed by atoms with Gasteiger partial charge in [-0.1, -0.05) is 24.3 Å². The minimum absolute atomic E-state index is 0. The van der Waals surface area contributed by atoms with Gasteiger partial charge in [0.2, 0.25) is 0 Å². The molecule has 0 aliphatic heterocycles. The van der Waals surface area contributed by atoms with Crippen molar-refractivity contribution in [3.05, 3.63) is 120 Å². The number of fused-ring (bicyclic) bond motifs is 4. The van der Waals surface area contributed by atoms with E-state index < -0.39 is 0 Å². The average Bonchev–Trinajstić information content (AvgIpc) is 3.06. The van der Waals surface area contributed by atoms with Crippen molar-refractivity contribution < 1.29 is 46.6 Å². The molecule has 0 saturated carbocycles. The third kappa shape index (κ3) is 9.23. The number of benzene rings is 4. The van der Waals surface area contributed by atoms with Crippen LogP contribution in [0, 0.1) is 27.7 Å². The smallest absolute Gasteiger partial charge is 0.143 e. The third-order valence-electron chi connectivity index (χ3n) is 6.68. The van der Waals surface area contributed by atoms with Gasteiger partial charge in [-0.2, -0.15) is 0 Å². The molecule has 4 heterocycles. The Hall–Kier alpha value is -5.68. The second kappa shape index (κ2) is 16.4. The Morgan fingerprint density at radius 1 is 0.347 bits per heavy atom. The molecule has 0 amide bonds. The van der Waals surface area contributed by atoms with Crippen LogP contribution in [-0.2, 0) is 26.2 Å². The number of hydrogen-bond donors (Lipinski definition) is 4. The Bertz CT molecular complexity index is 2040. The van der Waals surface area contributed by atoms with Crippen LogP contribution in [-0.4, -0.2) is 60.3 Å². The van der Waals surface area contributed by atoms with Gasteiger partial charge in [-0.15, -0.1) is 0 Å². The first-order valence-corrected chi connectivity index (χ1v) is 14.7. The second-order valence-electron chi connectivity index (χ2n) is 10.6. The Kier molecular flexibility index (Phi) is 12.1. The first-order chi connectivity index (χ1) is 23.1. The average molecular weight is 732 g/mol. The van der Waals surface area contributed by atoms with Crippen molar-refractivity contribution in [1.82, 2.24) is 39.9 Å². The van der Waals surface area contributed by atoms with Crippen LogP contribution in [0.3, 0.4) is 0 Å². The van der Waals surface area contributed by atoms with Crippen molar-refractivity contribution in [3.63, 3.8) is 0 Å². The van der Waals surface area contributed by atoms with Crippen molar-refractivity contribution >= 4 is 44.1 Å². The van der Waals surface area contributed by atoms with Crippen LogP contribution in [0.1, 0.15) is 22.8 Å². The Balaban J connectivity index is 0.000000146. The largest absolute Gasteiger partial charge is 0.506 e. The van der Waals surface area contributed by atoms with E-state index in [-0.39, 0.29) is 49.2 Å². The van der Waals surface area contributed by atoms with E-state index in [2.05, 4.69) is 39.9 Å². The van der Waals surface area contributed by atoms with E-state index in [1.165, 1.54) is 0 Å². The summed E-state index contributed by atoms with van der Waals surface area (Å²) in [6, 6.07) is 20.8. The fraction of sp³-hybridized carbons (Fsp3) is 0.111. The number of para-hydroxylation sites is 4. The molecule has 13 heteroatoms. The summed E-state index contributed by atoms with van der Waals surface area (Å²) in [6.45, 7) is 7.49. The van der Waals surface area contributed by atoms with Gasteiger partial charge in [0, 0.05) is 51.0 Å². The van der Waals surface area contributed by atoms with Gasteiger partial charge >= 0.3 is 0 Å². The van der Waals surface area contributed by atoms with E-state index in [9.17, 15) is 20.4 Å². The van der Waals surface area contributed by atoms with Crippen LogP contribution < -0.4 is 0 Å². The summed E-state index contributed by atoms with van der Waals surface area (Å²) in [4.78, 5) is 33.1. The van der Waals surface area contributed by atoms with E-state index in [4.69, 9.17) is 0 Å². The maximum atomic E-state index is 9.36. The molecule has 12 nitrogen and oxygen atoms in total. The van der Waals surface area contributed by atoms with E-state index in [0.29, 0.717) is 22.1 Å². The standard InChI is InChI=1S/4C9H8N2O.Zr/c4*1-6-5-10-9-7(11-6)3-2-4-8(9)12;/h4*2-5,12H,1H3;. The van der Waals surface area contributed by atoms with Crippen molar-refractivity contribution in [3.8, 4) is 23.0 Å². The van der Waals surface area contributed by atoms with Gasteiger partial charge in [0.25, 0.3) is 0 Å². The third-order valence-corrected chi connectivity index (χ3v) is 6.68. The van der Waals surface area contributed by atoms with Gasteiger partial charge in [0.15, 0.2) is 0 Å². The van der Waals surface area contributed by atoms with E-state index >= 15 is 0 Å². The molecule has 0 unspecified atom stereocenters. The summed E-state index contributed by atoms with van der Waals surface area (Å²) in [5.74, 6) is 0.722. The molecule has 0 saturated heterocycles. The molecule has 0 fully saturated rings. The molecule has 0 bridgehead atoms. The van der Waals surface area contributed by atoms with Gasteiger partial charge in [0.1, 0.15) is 45.1 Å². The number of aromatic hydroxyl groups is 4. The summed E-state index contributed by atoms with van der Waals surface area (Å²) in [5, 5.41) is 37.4. The Morgan fingerprint density at radius 3 is 0.755 bits per heavy atom. The zero-order chi connectivity index (χ0) is 34.2. The maximum Gasteiger partial charge on any atom is 0.143 e. The number of nitrogens with zero attached hydrogens (tertiary/aromatic N) is 8. The normalized spacial score (nSPS) is 10.2. The van der Waals surface area contributed by atoms with Crippen molar-refractivity contribution in [2.24, 2.45) is 0 Å². The molecule has 0 aliphatic carbocycles. The molecule has 8 aromatic rings. The minimum atomic E-state index is 0. The monoisotopic (exact) mass is 730 g/mol. The van der Waals surface area contributed by atoms with E-state index in [1.807, 2.05) is 52.0 Å². The van der Waals surface area contributed by atoms with Crippen molar-refractivity contribution in [2.75, 3.05) is 0 Å². The molecule has 0 atom stereocenters. The molecule has 4 aromatic heterocycles. The Labute approximate surface area is 300 Å². The summed E-state index contributed by atoms with van der Waals surface area (Å²) in [6.07, 6.45) is 6.56. The quantitative estimate of drug-likeness (QED) is 0.132. The number of aromatic nitrogens is 8. The number of aryl methyl sites for hydroxylation is 4. The van der Waals surface area contributed by atoms with Crippen LogP contribution in [0.25, 0.3) is 44.1 Å². The predicted molar refractivity (Wildman–Crippen MR) is 184 cm³/mol. The Morgan fingerprint density at radius 2 is 0.551 bits per heavy atom. The molecule has 49 heavy (non-hydrogen) atoms. The topological polar surface area (TPSA) is 184 Å². The number of rotatable bonds is 0. The molecule has 0 radical (unpaired) electrons. The molecule has 0 aliphatic rings. The molecular weight excluding hydrogens is 700 g/mol. The number of phenolic OH excluding ortho intramolecular Hbond substituents is 4. The van der Waals surface area contributed by atoms with Gasteiger partial charge in [-0.25, -0.2) is 39.9 Å². The van der Waals surface area contributed by atoms with Gasteiger partial charge in [-0.3, -0.25) is 0 Å². The van der Waals surface area contributed by atoms with Crippen LogP contribution in [0.15, 0.2) is 97.6 Å². The molecule has 4 N–H and O–H groups in total. The van der Waals surface area contributed by atoms with Gasteiger partial charge < -0.3 is 20.4 Å². The molecule has 8 rings (SSSR count). The summed E-state index contributed by atoms with van der Waals surface area (Å²) >= 11 is 0. The van der Waals surface area contributed by atoms with Gasteiger partial charge in [-0.05, 0) is 76.2 Å². The molecule has 4 aromatic carbocycles. The van der Waals surface area contributed by atoms with Crippen LogP contribution in [0.4, 0.5) is 0 Å². The van der Waals surface area contributed by atoms with Crippen molar-refractivity contribution in [1.29, 1.82) is 0 Å². The van der Waals surface area contributed by atoms with Crippen LogP contribution in [0.2, 0.25) is 0 Å². The van der Waals surface area contributed by atoms with Crippen LogP contribution in [0.5, 0.6) is 23.0 Å². The first-order valence-electron chi connectivity index (χ1n) is 14.7. The molecule has 244 valence electrons. The zero-order valence-electron chi connectivity index (χ0n) is 27.1. The summed E-state index contributed by atoms with van der Waals surface area (Å²) in [5.41, 5.74) is 8.58. The second-order valence-corrected chi connectivity index (χ2v) is 10.6. The zero-order valence-corrected chi connectivity index (χ0v) is 29.6. The summed E-state index contributed by atoms with van der Waals surface area (Å²) in [7, 11) is 0. The fourth-order valence-electron chi connectivity index (χ4n) is 4.48. The van der Waals surface area contributed by atoms with Crippen molar-refractivity contribution in [2.45, 2.75) is 27.7 Å². The SMILES string of the molecule is Cc1cnc2c(O)cccc2n1.Cc1cnc2c(O)cccc2n1.Cc1cnc2c(O)cccc2n1.Cc1cnc2c(O)cccc2n1.[Zr]. The number of phenols is 4. The molecule has 0 spiro atoms. The predicted octanol–water partition coefficient (Wildman–Crippen LogP) is 6.57. The minimum Gasteiger partial charge on any atom is -0.506 e. The van der Waals surface area contributed by atoms with Crippen LogP contribution >= 0.6 is 0 Å². The van der Waals surface area contributed by atoms with Gasteiger partial charge in [0.05, 0.1) is 44.8 Å². The maximum absolute atomic E-state index is 9.36.